The number of para-hydroxylation sites is 4. The lowest BCUT2D eigenvalue weighted by atomic mass is 9.80. The fourth-order valence-electron chi connectivity index (χ4n) is 11.2. The van der Waals surface area contributed by atoms with Gasteiger partial charge < -0.3 is 19.7 Å². The van der Waals surface area contributed by atoms with Crippen LogP contribution in [0.5, 0.6) is 0 Å². The molecule has 3 atom stereocenters. The number of likely N-dealkylation sites (N-methyl/N-ethyl adjacent to an activating group) is 1. The summed E-state index contributed by atoms with van der Waals surface area (Å²) in [6.45, 7) is 2.24. The molecule has 0 bridgehead atoms. The van der Waals surface area contributed by atoms with E-state index in [0.29, 0.717) is 12.1 Å². The third-order valence-electron chi connectivity index (χ3n) is 14.7. The van der Waals surface area contributed by atoms with E-state index in [2.05, 4.69) is 262 Å². The second kappa shape index (κ2) is 18.2. The van der Waals surface area contributed by atoms with Crippen LogP contribution in [0, 0.1) is 5.92 Å². The largest absolute Gasteiger partial charge is 0.315 e. The van der Waals surface area contributed by atoms with Crippen LogP contribution in [0.2, 0.25) is 0 Å². The van der Waals surface area contributed by atoms with Crippen molar-refractivity contribution >= 4 is 55.9 Å². The van der Waals surface area contributed by atoms with Crippen molar-refractivity contribution in [3.63, 3.8) is 0 Å². The highest BCUT2D eigenvalue weighted by atomic mass is 15.2. The van der Waals surface area contributed by atoms with E-state index in [1.807, 2.05) is 0 Å². The minimum Gasteiger partial charge on any atom is -0.315 e. The highest BCUT2D eigenvalue weighted by Crippen LogP contribution is 2.42. The summed E-state index contributed by atoms with van der Waals surface area (Å²) in [5.74, 6) is 0.802. The van der Waals surface area contributed by atoms with Gasteiger partial charge in [-0.1, -0.05) is 121 Å². The van der Waals surface area contributed by atoms with Gasteiger partial charge in [-0.25, -0.2) is 0 Å². The molecule has 0 amide bonds. The lowest BCUT2D eigenvalue weighted by Crippen LogP contribution is -2.53. The first-order valence-corrected chi connectivity index (χ1v) is 24.3. The maximum atomic E-state index is 3.67. The Balaban J connectivity index is 0.933. The van der Waals surface area contributed by atoms with Crippen LogP contribution in [0.3, 0.4) is 0 Å². The molecule has 0 radical (unpaired) electrons. The summed E-state index contributed by atoms with van der Waals surface area (Å²) in [5, 5.41) is 6.14. The van der Waals surface area contributed by atoms with Crippen molar-refractivity contribution < 1.29 is 0 Å². The molecule has 5 nitrogen and oxygen atoms in total. The third kappa shape index (κ3) is 7.84. The highest BCUT2D eigenvalue weighted by Gasteiger charge is 2.37. The topological polar surface area (TPSA) is 26.7 Å². The molecule has 68 heavy (non-hydrogen) atoms. The molecule has 2 fully saturated rings. The van der Waals surface area contributed by atoms with Crippen LogP contribution >= 0.6 is 0 Å². The second-order valence-corrected chi connectivity index (χ2v) is 18.6. The fraction of sp³-hybridized carbons (Fsp3) is 0.143. The molecule has 3 unspecified atom stereocenters. The van der Waals surface area contributed by atoms with Gasteiger partial charge in [-0.05, 0) is 176 Å². The molecular weight excluding hydrogens is 827 g/mol. The van der Waals surface area contributed by atoms with Crippen molar-refractivity contribution in [3.05, 3.63) is 236 Å². The molecule has 0 saturated carbocycles. The monoisotopic (exact) mass is 881 g/mol. The number of nitrogens with zero attached hydrogens (tertiary/aromatic N) is 4. The average Bonchev–Trinajstić information content (AvgIpc) is 3.74. The van der Waals surface area contributed by atoms with E-state index in [-0.39, 0.29) is 0 Å². The minimum atomic E-state index is 0.436. The van der Waals surface area contributed by atoms with Gasteiger partial charge in [0.05, 0.1) is 11.0 Å². The Kier molecular flexibility index (Phi) is 11.1. The smallest absolute Gasteiger partial charge is 0.0541 e. The number of likely N-dealkylation sites (tertiary alicyclic amines) is 1. The lowest BCUT2D eigenvalue weighted by molar-refractivity contribution is 0.0451. The van der Waals surface area contributed by atoms with Gasteiger partial charge in [0.1, 0.15) is 0 Å². The zero-order valence-electron chi connectivity index (χ0n) is 38.5. The molecule has 0 spiro atoms. The Morgan fingerprint density at radius 1 is 0.412 bits per heavy atom. The van der Waals surface area contributed by atoms with E-state index in [1.165, 1.54) is 74.6 Å². The second-order valence-electron chi connectivity index (χ2n) is 18.6. The summed E-state index contributed by atoms with van der Waals surface area (Å²) < 4.78 is 2.47. The number of hydrogen-bond acceptors (Lipinski definition) is 4. The van der Waals surface area contributed by atoms with Crippen LogP contribution in [0.15, 0.2) is 231 Å². The van der Waals surface area contributed by atoms with Gasteiger partial charge in [-0.2, -0.15) is 0 Å². The predicted molar refractivity (Wildman–Crippen MR) is 286 cm³/mol. The van der Waals surface area contributed by atoms with Crippen molar-refractivity contribution in [1.29, 1.82) is 0 Å². The van der Waals surface area contributed by atoms with Gasteiger partial charge in [-0.3, -0.25) is 4.90 Å². The molecule has 332 valence electrons. The van der Waals surface area contributed by atoms with Crippen molar-refractivity contribution in [2.24, 2.45) is 5.92 Å². The quantitative estimate of drug-likeness (QED) is 0.148. The summed E-state index contributed by atoms with van der Waals surface area (Å²) in [4.78, 5) is 7.29. The predicted octanol–water partition coefficient (Wildman–Crippen LogP) is 15.8. The van der Waals surface area contributed by atoms with E-state index < -0.39 is 0 Å². The maximum Gasteiger partial charge on any atom is 0.0541 e. The van der Waals surface area contributed by atoms with Crippen LogP contribution in [0.25, 0.3) is 49.7 Å². The summed E-state index contributed by atoms with van der Waals surface area (Å²) >= 11 is 0. The summed E-state index contributed by atoms with van der Waals surface area (Å²) in [5.41, 5.74) is 16.5. The maximum absolute atomic E-state index is 3.67. The van der Waals surface area contributed by atoms with Gasteiger partial charge >= 0.3 is 0 Å². The average molecular weight is 882 g/mol. The summed E-state index contributed by atoms with van der Waals surface area (Å²) in [6.07, 6.45) is 3.81. The SMILES string of the molecule is CN1C(c2ccc(-n3c4ccc(-c5ccc(N(c6ccccc6)c6ccccc6)cc5)cc4c4cc(-c5ccc(N(c6ccccc6)c6ccccc6)cc5)ccc43)cc2)CCC2CCNCC21. The van der Waals surface area contributed by atoms with E-state index in [1.54, 1.807) is 0 Å². The summed E-state index contributed by atoms with van der Waals surface area (Å²) in [7, 11) is 2.34. The first-order chi connectivity index (χ1) is 33.6. The van der Waals surface area contributed by atoms with Crippen LogP contribution in [-0.4, -0.2) is 35.6 Å². The number of piperidine rings is 2. The fourth-order valence-corrected chi connectivity index (χ4v) is 11.2. The van der Waals surface area contributed by atoms with Crippen molar-refractivity contribution in [2.45, 2.75) is 31.3 Å². The third-order valence-corrected chi connectivity index (χ3v) is 14.7. The molecule has 3 heterocycles. The number of hydrogen-bond donors (Lipinski definition) is 1. The van der Waals surface area contributed by atoms with Crippen molar-refractivity contribution in [3.8, 4) is 27.9 Å². The molecule has 0 aliphatic carbocycles. The molecule has 1 aromatic heterocycles. The highest BCUT2D eigenvalue weighted by molar-refractivity contribution is 6.11. The van der Waals surface area contributed by atoms with Crippen molar-refractivity contribution in [1.82, 2.24) is 14.8 Å². The molecule has 2 aliphatic rings. The van der Waals surface area contributed by atoms with Crippen LogP contribution in [0.1, 0.15) is 30.9 Å². The zero-order chi connectivity index (χ0) is 45.4. The first kappa shape index (κ1) is 41.7. The van der Waals surface area contributed by atoms with Gasteiger partial charge in [-0.15, -0.1) is 0 Å². The van der Waals surface area contributed by atoms with Crippen LogP contribution < -0.4 is 15.1 Å². The molecule has 2 saturated heterocycles. The number of nitrogens with one attached hydrogen (secondary N) is 1. The number of anilines is 6. The first-order valence-electron chi connectivity index (χ1n) is 24.3. The molecule has 10 aromatic rings. The Hall–Kier alpha value is -7.70. The van der Waals surface area contributed by atoms with E-state index >= 15 is 0 Å². The van der Waals surface area contributed by atoms with Gasteiger partial charge in [0.25, 0.3) is 0 Å². The minimum absolute atomic E-state index is 0.436. The van der Waals surface area contributed by atoms with Gasteiger partial charge in [0.2, 0.25) is 0 Å². The van der Waals surface area contributed by atoms with Crippen molar-refractivity contribution in [2.75, 3.05) is 29.9 Å². The van der Waals surface area contributed by atoms with Crippen LogP contribution in [-0.2, 0) is 0 Å². The lowest BCUT2D eigenvalue weighted by Gasteiger charge is -2.47. The number of benzene rings is 9. The zero-order valence-corrected chi connectivity index (χ0v) is 38.5. The molecule has 12 rings (SSSR count). The molecule has 2 aliphatic heterocycles. The Labute approximate surface area is 400 Å². The molecule has 9 aromatic carbocycles. The van der Waals surface area contributed by atoms with Gasteiger partial charge in [0, 0.05) is 69.2 Å². The number of aromatic nitrogens is 1. The molecule has 1 N–H and O–H groups in total. The van der Waals surface area contributed by atoms with E-state index in [9.17, 15) is 0 Å². The van der Waals surface area contributed by atoms with E-state index in [4.69, 9.17) is 0 Å². The Bertz CT molecular complexity index is 3030. The number of fused-ring (bicyclic) bond motifs is 4. The van der Waals surface area contributed by atoms with Crippen LogP contribution in [0.4, 0.5) is 34.1 Å². The van der Waals surface area contributed by atoms with Gasteiger partial charge in [0.15, 0.2) is 0 Å². The summed E-state index contributed by atoms with van der Waals surface area (Å²) in [6, 6.07) is 85.1. The standard InChI is InChI=1S/C63H55N5/c1-65-60(37-28-48-40-41-64-44-63(48)65)47-26-35-57(36-27-47)68-61-38-29-49(45-22-31-55(32-23-45)66(51-14-6-2-7-15-51)52-16-8-3-9-17-52)42-58(61)59-43-50(30-39-62(59)68)46-24-33-56(34-25-46)67(53-18-10-4-11-19-53)54-20-12-5-13-21-54/h2-27,29-36,38-39,42-43,48,60,63-64H,28,37,40-41,44H2,1H3. The normalized spacial score (nSPS) is 17.2. The van der Waals surface area contributed by atoms with E-state index in [0.717, 1.165) is 53.1 Å². The molecular formula is C63H55N5. The number of rotatable bonds is 10. The molecule has 5 heteroatoms. The Morgan fingerprint density at radius 2 is 0.824 bits per heavy atom. The Morgan fingerprint density at radius 3 is 1.26 bits per heavy atom.